The number of nitrogens with one attached hydrogen (secondary N) is 2. The summed E-state index contributed by atoms with van der Waals surface area (Å²) < 4.78 is 4.98. The molecule has 1 fully saturated rings. The third-order valence-electron chi connectivity index (χ3n) is 3.15. The van der Waals surface area contributed by atoms with Crippen LogP contribution < -0.4 is 10.6 Å². The third kappa shape index (κ3) is 7.63. The van der Waals surface area contributed by atoms with Crippen LogP contribution in [0.1, 0.15) is 25.7 Å². The van der Waals surface area contributed by atoms with Crippen LogP contribution in [0.15, 0.2) is 0 Å². The van der Waals surface area contributed by atoms with E-state index in [2.05, 4.69) is 15.5 Å². The van der Waals surface area contributed by atoms with Crippen molar-refractivity contribution in [2.75, 3.05) is 53.0 Å². The number of carbonyl (C=O) groups is 1. The number of nitrogens with zero attached hydrogens (tertiary/aromatic N) is 1. The predicted octanol–water partition coefficient (Wildman–Crippen LogP) is 0.215. The zero-order valence-electron chi connectivity index (χ0n) is 11.5. The van der Waals surface area contributed by atoms with Gasteiger partial charge in [-0.25, -0.2) is 0 Å². The number of amides is 1. The molecule has 2 N–H and O–H groups in total. The Balaban J connectivity index is 1.98. The Morgan fingerprint density at radius 1 is 1.28 bits per heavy atom. The van der Waals surface area contributed by atoms with Gasteiger partial charge in [-0.05, 0) is 38.8 Å². The van der Waals surface area contributed by atoms with Crippen molar-refractivity contribution in [3.8, 4) is 0 Å². The second kappa shape index (κ2) is 10.3. The summed E-state index contributed by atoms with van der Waals surface area (Å²) in [5, 5.41) is 6.32. The lowest BCUT2D eigenvalue weighted by Crippen LogP contribution is -2.39. The molecule has 1 heterocycles. The van der Waals surface area contributed by atoms with Crippen molar-refractivity contribution in [1.82, 2.24) is 15.5 Å². The van der Waals surface area contributed by atoms with Gasteiger partial charge in [0.05, 0.1) is 6.54 Å². The fourth-order valence-electron chi connectivity index (χ4n) is 2.09. The maximum absolute atomic E-state index is 11.7. The van der Waals surface area contributed by atoms with Crippen molar-refractivity contribution < 1.29 is 9.53 Å². The Morgan fingerprint density at radius 2 is 2.17 bits per heavy atom. The molecule has 0 bridgehead atoms. The normalized spacial score (nSPS) is 17.4. The Labute approximate surface area is 110 Å². The zero-order chi connectivity index (χ0) is 13.1. The Morgan fingerprint density at radius 3 is 3.00 bits per heavy atom. The molecule has 0 aliphatic carbocycles. The highest BCUT2D eigenvalue weighted by Crippen LogP contribution is 1.96. The van der Waals surface area contributed by atoms with Gasteiger partial charge in [-0.3, -0.25) is 9.69 Å². The molecule has 1 saturated heterocycles. The van der Waals surface area contributed by atoms with Gasteiger partial charge in [0.15, 0.2) is 0 Å². The standard InChI is InChI=1S/C13H27N3O2/c1-18-11-4-2-3-7-15-13(17)12-16-9-5-6-14-8-10-16/h14H,2-12H2,1H3,(H,15,17). The molecule has 1 amide bonds. The lowest BCUT2D eigenvalue weighted by atomic mass is 10.2. The average Bonchev–Trinajstić information content (AvgIpc) is 2.62. The van der Waals surface area contributed by atoms with Gasteiger partial charge >= 0.3 is 0 Å². The lowest BCUT2D eigenvalue weighted by molar-refractivity contribution is -0.122. The van der Waals surface area contributed by atoms with Crippen molar-refractivity contribution in [3.05, 3.63) is 0 Å². The van der Waals surface area contributed by atoms with Gasteiger partial charge in [0.25, 0.3) is 0 Å². The number of methoxy groups -OCH3 is 1. The van der Waals surface area contributed by atoms with Crippen LogP contribution in [-0.4, -0.2) is 63.8 Å². The van der Waals surface area contributed by atoms with E-state index in [-0.39, 0.29) is 5.91 Å². The van der Waals surface area contributed by atoms with E-state index in [9.17, 15) is 4.79 Å². The fourth-order valence-corrected chi connectivity index (χ4v) is 2.09. The van der Waals surface area contributed by atoms with Crippen molar-refractivity contribution >= 4 is 5.91 Å². The SMILES string of the molecule is COCCCCCNC(=O)CN1CCCNCC1. The Hall–Kier alpha value is -0.650. The zero-order valence-corrected chi connectivity index (χ0v) is 11.5. The van der Waals surface area contributed by atoms with Crippen molar-refractivity contribution in [3.63, 3.8) is 0 Å². The van der Waals surface area contributed by atoms with Crippen LogP contribution in [0.2, 0.25) is 0 Å². The van der Waals surface area contributed by atoms with E-state index >= 15 is 0 Å². The van der Waals surface area contributed by atoms with E-state index in [1.165, 1.54) is 0 Å². The van der Waals surface area contributed by atoms with Gasteiger partial charge in [0.1, 0.15) is 0 Å². The molecule has 0 spiro atoms. The van der Waals surface area contributed by atoms with Gasteiger partial charge < -0.3 is 15.4 Å². The van der Waals surface area contributed by atoms with Crippen LogP contribution >= 0.6 is 0 Å². The quantitative estimate of drug-likeness (QED) is 0.611. The molecule has 0 aromatic rings. The molecule has 5 nitrogen and oxygen atoms in total. The number of hydrogen-bond donors (Lipinski definition) is 2. The summed E-state index contributed by atoms with van der Waals surface area (Å²) in [6, 6.07) is 0. The minimum Gasteiger partial charge on any atom is -0.385 e. The lowest BCUT2D eigenvalue weighted by Gasteiger charge is -2.18. The van der Waals surface area contributed by atoms with E-state index in [0.717, 1.165) is 65.0 Å². The summed E-state index contributed by atoms with van der Waals surface area (Å²) in [5.41, 5.74) is 0. The maximum atomic E-state index is 11.7. The minimum atomic E-state index is 0.156. The molecule has 1 aliphatic rings. The topological polar surface area (TPSA) is 53.6 Å². The molecule has 106 valence electrons. The molecule has 0 atom stereocenters. The highest BCUT2D eigenvalue weighted by atomic mass is 16.5. The van der Waals surface area contributed by atoms with Crippen molar-refractivity contribution in [2.24, 2.45) is 0 Å². The summed E-state index contributed by atoms with van der Waals surface area (Å²) >= 11 is 0. The maximum Gasteiger partial charge on any atom is 0.234 e. The molecular formula is C13H27N3O2. The molecule has 5 heteroatoms. The van der Waals surface area contributed by atoms with Crippen LogP contribution in [0, 0.1) is 0 Å². The second-order valence-corrected chi connectivity index (χ2v) is 4.78. The first-order valence-electron chi connectivity index (χ1n) is 7.01. The number of hydrogen-bond acceptors (Lipinski definition) is 4. The van der Waals surface area contributed by atoms with Gasteiger partial charge in [0, 0.05) is 33.4 Å². The highest BCUT2D eigenvalue weighted by Gasteiger charge is 2.11. The van der Waals surface area contributed by atoms with Crippen molar-refractivity contribution in [1.29, 1.82) is 0 Å². The highest BCUT2D eigenvalue weighted by molar-refractivity contribution is 5.77. The molecule has 18 heavy (non-hydrogen) atoms. The predicted molar refractivity (Wildman–Crippen MR) is 72.7 cm³/mol. The summed E-state index contributed by atoms with van der Waals surface area (Å²) in [6.45, 7) is 6.19. The number of carbonyl (C=O) groups excluding carboxylic acids is 1. The molecular weight excluding hydrogens is 230 g/mol. The third-order valence-corrected chi connectivity index (χ3v) is 3.15. The van der Waals surface area contributed by atoms with E-state index in [0.29, 0.717) is 6.54 Å². The summed E-state index contributed by atoms with van der Waals surface area (Å²) in [7, 11) is 1.72. The van der Waals surface area contributed by atoms with Crippen LogP contribution in [0.4, 0.5) is 0 Å². The molecule has 0 radical (unpaired) electrons. The van der Waals surface area contributed by atoms with E-state index < -0.39 is 0 Å². The van der Waals surface area contributed by atoms with Gasteiger partial charge in [-0.1, -0.05) is 0 Å². The molecule has 0 unspecified atom stereocenters. The second-order valence-electron chi connectivity index (χ2n) is 4.78. The van der Waals surface area contributed by atoms with E-state index in [1.54, 1.807) is 7.11 Å². The van der Waals surface area contributed by atoms with Crippen LogP contribution in [0.25, 0.3) is 0 Å². The molecule has 0 aromatic carbocycles. The smallest absolute Gasteiger partial charge is 0.234 e. The Bertz CT molecular complexity index is 216. The summed E-state index contributed by atoms with van der Waals surface area (Å²) in [4.78, 5) is 13.9. The molecule has 1 aliphatic heterocycles. The largest absolute Gasteiger partial charge is 0.385 e. The van der Waals surface area contributed by atoms with Crippen LogP contribution in [0.3, 0.4) is 0 Å². The molecule has 0 saturated carbocycles. The molecule has 1 rings (SSSR count). The Kier molecular flexibility index (Phi) is 8.81. The number of ether oxygens (including phenoxy) is 1. The first-order valence-corrected chi connectivity index (χ1v) is 7.01. The van der Waals surface area contributed by atoms with Crippen molar-refractivity contribution in [2.45, 2.75) is 25.7 Å². The van der Waals surface area contributed by atoms with E-state index in [4.69, 9.17) is 4.74 Å². The first kappa shape index (κ1) is 15.4. The average molecular weight is 257 g/mol. The van der Waals surface area contributed by atoms with E-state index in [1.807, 2.05) is 0 Å². The first-order chi connectivity index (χ1) is 8.83. The van der Waals surface area contributed by atoms with Crippen LogP contribution in [-0.2, 0) is 9.53 Å². The van der Waals surface area contributed by atoms with Gasteiger partial charge in [-0.15, -0.1) is 0 Å². The number of rotatable bonds is 8. The van der Waals surface area contributed by atoms with Gasteiger partial charge in [0.2, 0.25) is 5.91 Å². The number of unbranched alkanes of at least 4 members (excludes halogenated alkanes) is 2. The van der Waals surface area contributed by atoms with Crippen LogP contribution in [0.5, 0.6) is 0 Å². The molecule has 0 aromatic heterocycles. The minimum absolute atomic E-state index is 0.156. The fraction of sp³-hybridized carbons (Fsp3) is 0.923. The summed E-state index contributed by atoms with van der Waals surface area (Å²) in [6.07, 6.45) is 4.35. The summed E-state index contributed by atoms with van der Waals surface area (Å²) in [5.74, 6) is 0.156. The van der Waals surface area contributed by atoms with Gasteiger partial charge in [-0.2, -0.15) is 0 Å². The monoisotopic (exact) mass is 257 g/mol.